The lowest BCUT2D eigenvalue weighted by molar-refractivity contribution is 0.213. The Bertz CT molecular complexity index is 573. The summed E-state index contributed by atoms with van der Waals surface area (Å²) in [6, 6.07) is 14.0. The summed E-state index contributed by atoms with van der Waals surface area (Å²) in [4.78, 5) is 6.74. The molecule has 0 unspecified atom stereocenters. The molecular formula is C17H19ClN2O. The van der Waals surface area contributed by atoms with Gasteiger partial charge in [-0.2, -0.15) is 0 Å². The molecule has 1 saturated heterocycles. The van der Waals surface area contributed by atoms with Crippen LogP contribution in [0.1, 0.15) is 17.2 Å². The van der Waals surface area contributed by atoms with E-state index in [-0.39, 0.29) is 12.5 Å². The van der Waals surface area contributed by atoms with Crippen molar-refractivity contribution < 1.29 is 5.11 Å². The number of aliphatic hydroxyl groups excluding tert-OH is 1. The second kappa shape index (κ2) is 6.56. The van der Waals surface area contributed by atoms with Crippen LogP contribution in [0.3, 0.4) is 0 Å². The molecule has 3 nitrogen and oxygen atoms in total. The average molecular weight is 303 g/mol. The summed E-state index contributed by atoms with van der Waals surface area (Å²) in [6.45, 7) is 2.90. The molecule has 3 rings (SSSR count). The molecule has 1 aliphatic rings. The van der Waals surface area contributed by atoms with Gasteiger partial charge in [-0.05, 0) is 29.8 Å². The van der Waals surface area contributed by atoms with Crippen LogP contribution in [0.25, 0.3) is 0 Å². The van der Waals surface area contributed by atoms with Gasteiger partial charge in [0, 0.05) is 49.3 Å². The van der Waals surface area contributed by atoms with Gasteiger partial charge in [0.1, 0.15) is 0 Å². The molecule has 0 aliphatic carbocycles. The normalized spacial score (nSPS) is 22.6. The Morgan fingerprint density at radius 2 is 1.95 bits per heavy atom. The first kappa shape index (κ1) is 14.5. The summed E-state index contributed by atoms with van der Waals surface area (Å²) in [5.41, 5.74) is 2.33. The summed E-state index contributed by atoms with van der Waals surface area (Å²) in [5.74, 6) is 0.630. The second-order valence-electron chi connectivity index (χ2n) is 5.62. The Morgan fingerprint density at radius 1 is 1.14 bits per heavy atom. The molecule has 1 aromatic carbocycles. The van der Waals surface area contributed by atoms with E-state index in [1.54, 1.807) is 0 Å². The Labute approximate surface area is 130 Å². The highest BCUT2D eigenvalue weighted by atomic mass is 35.5. The van der Waals surface area contributed by atoms with Crippen molar-refractivity contribution in [3.8, 4) is 0 Å². The molecule has 21 heavy (non-hydrogen) atoms. The predicted octanol–water partition coefficient (Wildman–Crippen LogP) is 2.94. The highest BCUT2D eigenvalue weighted by molar-refractivity contribution is 6.30. The van der Waals surface area contributed by atoms with Gasteiger partial charge in [0.25, 0.3) is 0 Å². The molecule has 1 aliphatic heterocycles. The number of nitrogens with zero attached hydrogens (tertiary/aromatic N) is 2. The molecule has 110 valence electrons. The van der Waals surface area contributed by atoms with E-state index >= 15 is 0 Å². The summed E-state index contributed by atoms with van der Waals surface area (Å²) in [6.07, 6.45) is 1.83. The smallest absolute Gasteiger partial charge is 0.0543 e. The van der Waals surface area contributed by atoms with Gasteiger partial charge < -0.3 is 5.11 Å². The van der Waals surface area contributed by atoms with Crippen molar-refractivity contribution in [2.75, 3.05) is 19.7 Å². The number of hydrogen-bond donors (Lipinski definition) is 1. The zero-order chi connectivity index (χ0) is 14.7. The van der Waals surface area contributed by atoms with E-state index in [4.69, 9.17) is 11.6 Å². The fourth-order valence-electron chi connectivity index (χ4n) is 3.08. The number of halogens is 1. The molecule has 1 N–H and O–H groups in total. The van der Waals surface area contributed by atoms with Gasteiger partial charge in [0.2, 0.25) is 0 Å². The maximum atomic E-state index is 9.67. The maximum Gasteiger partial charge on any atom is 0.0543 e. The van der Waals surface area contributed by atoms with Crippen LogP contribution >= 0.6 is 11.6 Å². The zero-order valence-corrected chi connectivity index (χ0v) is 12.6. The average Bonchev–Trinajstić information content (AvgIpc) is 2.92. The number of aromatic nitrogens is 1. The van der Waals surface area contributed by atoms with E-state index in [1.807, 2.05) is 36.5 Å². The van der Waals surface area contributed by atoms with Crippen LogP contribution in [-0.2, 0) is 6.54 Å². The lowest BCUT2D eigenvalue weighted by Gasteiger charge is -2.16. The Kier molecular flexibility index (Phi) is 4.54. The first-order chi connectivity index (χ1) is 10.3. The Hall–Kier alpha value is -1.42. The number of pyridine rings is 1. The number of hydrogen-bond acceptors (Lipinski definition) is 3. The molecule has 1 aromatic heterocycles. The van der Waals surface area contributed by atoms with Crippen molar-refractivity contribution in [2.24, 2.45) is 5.92 Å². The summed E-state index contributed by atoms with van der Waals surface area (Å²) >= 11 is 5.96. The van der Waals surface area contributed by atoms with Crippen LogP contribution in [0, 0.1) is 5.92 Å². The summed E-state index contributed by atoms with van der Waals surface area (Å²) in [5, 5.41) is 10.4. The minimum Gasteiger partial charge on any atom is -0.396 e. The van der Waals surface area contributed by atoms with E-state index in [9.17, 15) is 5.11 Å². The van der Waals surface area contributed by atoms with Crippen molar-refractivity contribution in [1.82, 2.24) is 9.88 Å². The third-order valence-electron chi connectivity index (χ3n) is 4.16. The largest absolute Gasteiger partial charge is 0.396 e. The topological polar surface area (TPSA) is 36.4 Å². The van der Waals surface area contributed by atoms with Crippen LogP contribution in [0.2, 0.25) is 5.02 Å². The fraction of sp³-hybridized carbons (Fsp3) is 0.353. The van der Waals surface area contributed by atoms with Gasteiger partial charge in [-0.25, -0.2) is 0 Å². The first-order valence-electron chi connectivity index (χ1n) is 7.25. The van der Waals surface area contributed by atoms with Gasteiger partial charge >= 0.3 is 0 Å². The lowest BCUT2D eigenvalue weighted by atomic mass is 9.90. The number of rotatable bonds is 4. The van der Waals surface area contributed by atoms with E-state index in [1.165, 1.54) is 5.56 Å². The molecule has 0 amide bonds. The van der Waals surface area contributed by atoms with Gasteiger partial charge in [0.05, 0.1) is 5.69 Å². The highest BCUT2D eigenvalue weighted by Crippen LogP contribution is 2.33. The highest BCUT2D eigenvalue weighted by Gasteiger charge is 2.33. The fourth-order valence-corrected chi connectivity index (χ4v) is 3.21. The Morgan fingerprint density at radius 3 is 2.62 bits per heavy atom. The molecule has 0 radical (unpaired) electrons. The van der Waals surface area contributed by atoms with E-state index in [2.05, 4.69) is 22.0 Å². The zero-order valence-electron chi connectivity index (χ0n) is 11.8. The van der Waals surface area contributed by atoms with Crippen molar-refractivity contribution >= 4 is 11.6 Å². The van der Waals surface area contributed by atoms with Crippen molar-refractivity contribution in [1.29, 1.82) is 0 Å². The van der Waals surface area contributed by atoms with Crippen molar-refractivity contribution in [3.05, 3.63) is 64.9 Å². The standard InChI is InChI=1S/C17H19ClN2O/c18-15-6-4-13(5-7-15)17-11-20(9-14(17)12-21)10-16-3-1-2-8-19-16/h1-8,14,17,21H,9-12H2/t14-,17-/m0/s1. The second-order valence-corrected chi connectivity index (χ2v) is 6.05. The van der Waals surface area contributed by atoms with Crippen LogP contribution in [0.15, 0.2) is 48.7 Å². The minimum absolute atomic E-state index is 0.214. The predicted molar refractivity (Wildman–Crippen MR) is 84.3 cm³/mol. The maximum absolute atomic E-state index is 9.67. The minimum atomic E-state index is 0.214. The number of benzene rings is 1. The molecule has 2 atom stereocenters. The van der Waals surface area contributed by atoms with Crippen LogP contribution in [0.5, 0.6) is 0 Å². The van der Waals surface area contributed by atoms with E-state index in [0.29, 0.717) is 5.92 Å². The van der Waals surface area contributed by atoms with Gasteiger partial charge in [-0.15, -0.1) is 0 Å². The molecule has 2 aromatic rings. The number of aliphatic hydroxyl groups is 1. The third-order valence-corrected chi connectivity index (χ3v) is 4.41. The quantitative estimate of drug-likeness (QED) is 0.943. The number of likely N-dealkylation sites (tertiary alicyclic amines) is 1. The molecule has 4 heteroatoms. The molecule has 0 spiro atoms. The monoisotopic (exact) mass is 302 g/mol. The third kappa shape index (κ3) is 3.43. The van der Waals surface area contributed by atoms with E-state index < -0.39 is 0 Å². The molecule has 0 saturated carbocycles. The van der Waals surface area contributed by atoms with Crippen LogP contribution in [0.4, 0.5) is 0 Å². The van der Waals surface area contributed by atoms with Gasteiger partial charge in [-0.3, -0.25) is 9.88 Å². The molecule has 2 heterocycles. The molecule has 0 bridgehead atoms. The van der Waals surface area contributed by atoms with E-state index in [0.717, 1.165) is 30.4 Å². The molecular weight excluding hydrogens is 284 g/mol. The van der Waals surface area contributed by atoms with Crippen molar-refractivity contribution in [2.45, 2.75) is 12.5 Å². The summed E-state index contributed by atoms with van der Waals surface area (Å²) < 4.78 is 0. The van der Waals surface area contributed by atoms with Crippen molar-refractivity contribution in [3.63, 3.8) is 0 Å². The Balaban J connectivity index is 1.72. The van der Waals surface area contributed by atoms with Gasteiger partial charge in [0.15, 0.2) is 0 Å². The van der Waals surface area contributed by atoms with Gasteiger partial charge in [-0.1, -0.05) is 29.8 Å². The molecule has 1 fully saturated rings. The SMILES string of the molecule is OC[C@@H]1CN(Cc2ccccn2)C[C@H]1c1ccc(Cl)cc1. The van der Waals surface area contributed by atoms with Crippen LogP contribution < -0.4 is 0 Å². The van der Waals surface area contributed by atoms with Crippen LogP contribution in [-0.4, -0.2) is 34.7 Å². The lowest BCUT2D eigenvalue weighted by Crippen LogP contribution is -2.21. The summed E-state index contributed by atoms with van der Waals surface area (Å²) in [7, 11) is 0. The first-order valence-corrected chi connectivity index (χ1v) is 7.62.